The van der Waals surface area contributed by atoms with Crippen molar-refractivity contribution in [2.45, 2.75) is 38.9 Å². The summed E-state index contributed by atoms with van der Waals surface area (Å²) in [6.07, 6.45) is 1.15. The molecule has 1 aromatic rings. The van der Waals surface area contributed by atoms with Crippen LogP contribution in [-0.4, -0.2) is 29.5 Å². The minimum Gasteiger partial charge on any atom is -0.381 e. The van der Waals surface area contributed by atoms with Crippen molar-refractivity contribution in [3.05, 3.63) is 11.7 Å². The van der Waals surface area contributed by atoms with Crippen LogP contribution < -0.4 is 0 Å². The highest BCUT2D eigenvalue weighted by molar-refractivity contribution is 4.95. The zero-order valence-corrected chi connectivity index (χ0v) is 9.10. The topological polar surface area (TPSA) is 57.4 Å². The standard InChI is InChI=1S/C10H16N2O3/c1-7(2)14-6-9-11-10(15-12-9)8-3-4-13-5-8/h7-8H,3-6H2,1-2H3. The van der Waals surface area contributed by atoms with Gasteiger partial charge in [-0.25, -0.2) is 0 Å². The molecule has 1 aliphatic heterocycles. The third-order valence-electron chi connectivity index (χ3n) is 2.31. The second kappa shape index (κ2) is 4.72. The fourth-order valence-electron chi connectivity index (χ4n) is 1.46. The number of rotatable bonds is 4. The Hall–Kier alpha value is -0.940. The summed E-state index contributed by atoms with van der Waals surface area (Å²) in [7, 11) is 0. The van der Waals surface area contributed by atoms with Gasteiger partial charge in [-0.1, -0.05) is 5.16 Å². The van der Waals surface area contributed by atoms with Crippen LogP contribution in [-0.2, 0) is 16.1 Å². The van der Waals surface area contributed by atoms with Crippen molar-refractivity contribution in [2.75, 3.05) is 13.2 Å². The third kappa shape index (κ3) is 2.76. The number of hydrogen-bond acceptors (Lipinski definition) is 5. The van der Waals surface area contributed by atoms with Gasteiger partial charge in [0.1, 0.15) is 6.61 Å². The first-order valence-electron chi connectivity index (χ1n) is 5.27. The molecule has 2 heterocycles. The van der Waals surface area contributed by atoms with E-state index in [0.717, 1.165) is 13.0 Å². The quantitative estimate of drug-likeness (QED) is 0.757. The molecule has 15 heavy (non-hydrogen) atoms. The van der Waals surface area contributed by atoms with Crippen LogP contribution in [0.1, 0.15) is 37.9 Å². The van der Waals surface area contributed by atoms with Crippen LogP contribution in [0.4, 0.5) is 0 Å². The van der Waals surface area contributed by atoms with Gasteiger partial charge in [0, 0.05) is 6.61 Å². The van der Waals surface area contributed by atoms with Gasteiger partial charge in [-0.3, -0.25) is 0 Å². The van der Waals surface area contributed by atoms with Crippen molar-refractivity contribution in [2.24, 2.45) is 0 Å². The normalized spacial score (nSPS) is 21.4. The third-order valence-corrected chi connectivity index (χ3v) is 2.31. The predicted octanol–water partition coefficient (Wildman–Crippen LogP) is 1.50. The lowest BCUT2D eigenvalue weighted by molar-refractivity contribution is 0.0601. The second-order valence-electron chi connectivity index (χ2n) is 3.97. The van der Waals surface area contributed by atoms with Gasteiger partial charge in [0.05, 0.1) is 18.6 Å². The van der Waals surface area contributed by atoms with E-state index < -0.39 is 0 Å². The zero-order valence-electron chi connectivity index (χ0n) is 9.10. The first kappa shape index (κ1) is 10.6. The minimum absolute atomic E-state index is 0.182. The largest absolute Gasteiger partial charge is 0.381 e. The lowest BCUT2D eigenvalue weighted by Gasteiger charge is -2.02. The molecular weight excluding hydrogens is 196 g/mol. The first-order valence-corrected chi connectivity index (χ1v) is 5.27. The molecule has 1 atom stereocenters. The van der Waals surface area contributed by atoms with E-state index in [1.165, 1.54) is 0 Å². The molecule has 2 rings (SSSR count). The summed E-state index contributed by atoms with van der Waals surface area (Å²) >= 11 is 0. The summed E-state index contributed by atoms with van der Waals surface area (Å²) in [4.78, 5) is 4.28. The van der Waals surface area contributed by atoms with Crippen LogP contribution >= 0.6 is 0 Å². The molecule has 0 aromatic carbocycles. The maximum atomic E-state index is 5.39. The van der Waals surface area contributed by atoms with Gasteiger partial charge in [0.15, 0.2) is 5.82 Å². The first-order chi connectivity index (χ1) is 7.25. The Balaban J connectivity index is 1.91. The van der Waals surface area contributed by atoms with Crippen molar-refractivity contribution in [3.8, 4) is 0 Å². The molecule has 5 nitrogen and oxygen atoms in total. The molecule has 1 aliphatic rings. The highest BCUT2D eigenvalue weighted by Gasteiger charge is 2.23. The Morgan fingerprint density at radius 1 is 1.53 bits per heavy atom. The highest BCUT2D eigenvalue weighted by Crippen LogP contribution is 2.23. The Morgan fingerprint density at radius 3 is 3.07 bits per heavy atom. The van der Waals surface area contributed by atoms with Gasteiger partial charge in [-0.05, 0) is 20.3 Å². The lowest BCUT2D eigenvalue weighted by atomic mass is 10.1. The van der Waals surface area contributed by atoms with Gasteiger partial charge >= 0.3 is 0 Å². The van der Waals surface area contributed by atoms with Crippen molar-refractivity contribution in [3.63, 3.8) is 0 Å². The monoisotopic (exact) mass is 212 g/mol. The molecule has 0 spiro atoms. The van der Waals surface area contributed by atoms with Gasteiger partial charge in [-0.2, -0.15) is 4.98 Å². The number of nitrogens with zero attached hydrogens (tertiary/aromatic N) is 2. The molecule has 5 heteroatoms. The van der Waals surface area contributed by atoms with E-state index in [0.29, 0.717) is 24.9 Å². The summed E-state index contributed by atoms with van der Waals surface area (Å²) in [6.45, 7) is 5.84. The Morgan fingerprint density at radius 2 is 2.40 bits per heavy atom. The highest BCUT2D eigenvalue weighted by atomic mass is 16.5. The van der Waals surface area contributed by atoms with E-state index in [2.05, 4.69) is 10.1 Å². The number of aromatic nitrogens is 2. The molecule has 84 valence electrons. The van der Waals surface area contributed by atoms with Crippen LogP contribution in [0.5, 0.6) is 0 Å². The van der Waals surface area contributed by atoms with Gasteiger partial charge in [-0.15, -0.1) is 0 Å². The van der Waals surface area contributed by atoms with Crippen molar-refractivity contribution in [1.29, 1.82) is 0 Å². The van der Waals surface area contributed by atoms with E-state index in [9.17, 15) is 0 Å². The summed E-state index contributed by atoms with van der Waals surface area (Å²) in [6, 6.07) is 0. The van der Waals surface area contributed by atoms with Crippen LogP contribution in [0, 0.1) is 0 Å². The van der Waals surface area contributed by atoms with E-state index in [1.807, 2.05) is 13.8 Å². The fraction of sp³-hybridized carbons (Fsp3) is 0.800. The molecule has 1 saturated heterocycles. The smallest absolute Gasteiger partial charge is 0.232 e. The number of ether oxygens (including phenoxy) is 2. The molecule has 1 fully saturated rings. The molecule has 1 aromatic heterocycles. The number of hydrogen-bond donors (Lipinski definition) is 0. The van der Waals surface area contributed by atoms with Crippen LogP contribution in [0.15, 0.2) is 4.52 Å². The van der Waals surface area contributed by atoms with Crippen molar-refractivity contribution >= 4 is 0 Å². The molecule has 1 unspecified atom stereocenters. The molecule has 0 bridgehead atoms. The van der Waals surface area contributed by atoms with E-state index in [-0.39, 0.29) is 12.0 Å². The molecule has 0 N–H and O–H groups in total. The Bertz CT molecular complexity index is 305. The van der Waals surface area contributed by atoms with Gasteiger partial charge in [0.2, 0.25) is 5.89 Å². The average molecular weight is 212 g/mol. The molecule has 0 aliphatic carbocycles. The minimum atomic E-state index is 0.182. The van der Waals surface area contributed by atoms with Crippen molar-refractivity contribution < 1.29 is 14.0 Å². The van der Waals surface area contributed by atoms with Gasteiger partial charge < -0.3 is 14.0 Å². The molecule has 0 radical (unpaired) electrons. The molecule has 0 saturated carbocycles. The fourth-order valence-corrected chi connectivity index (χ4v) is 1.46. The van der Waals surface area contributed by atoms with E-state index in [1.54, 1.807) is 0 Å². The predicted molar refractivity (Wildman–Crippen MR) is 52.4 cm³/mol. The van der Waals surface area contributed by atoms with Gasteiger partial charge in [0.25, 0.3) is 0 Å². The summed E-state index contributed by atoms with van der Waals surface area (Å²) in [5.41, 5.74) is 0. The average Bonchev–Trinajstić information content (AvgIpc) is 2.85. The Kier molecular flexibility index (Phi) is 3.33. The second-order valence-corrected chi connectivity index (χ2v) is 3.97. The Labute approximate surface area is 88.8 Å². The summed E-state index contributed by atoms with van der Waals surface area (Å²) in [5.74, 6) is 1.56. The maximum Gasteiger partial charge on any atom is 0.232 e. The molecular formula is C10H16N2O3. The summed E-state index contributed by atoms with van der Waals surface area (Å²) < 4.78 is 15.8. The zero-order chi connectivity index (χ0) is 10.7. The van der Waals surface area contributed by atoms with Crippen LogP contribution in [0.25, 0.3) is 0 Å². The van der Waals surface area contributed by atoms with E-state index in [4.69, 9.17) is 14.0 Å². The van der Waals surface area contributed by atoms with Crippen LogP contribution in [0.2, 0.25) is 0 Å². The van der Waals surface area contributed by atoms with E-state index >= 15 is 0 Å². The van der Waals surface area contributed by atoms with Crippen LogP contribution in [0.3, 0.4) is 0 Å². The molecule has 0 amide bonds. The lowest BCUT2D eigenvalue weighted by Crippen LogP contribution is -2.04. The SMILES string of the molecule is CC(C)OCc1noc(C2CCOC2)n1. The maximum absolute atomic E-state index is 5.39. The van der Waals surface area contributed by atoms with Crippen molar-refractivity contribution in [1.82, 2.24) is 10.1 Å². The summed E-state index contributed by atoms with van der Waals surface area (Å²) in [5, 5.41) is 3.87.